The Balaban J connectivity index is 2.01. The fraction of sp³-hybridized carbons (Fsp3) is 0.125. The maximum atomic E-state index is 9.16. The topological polar surface area (TPSA) is 46.0 Å². The van der Waals surface area contributed by atoms with Crippen LogP contribution in [0.25, 0.3) is 10.9 Å². The van der Waals surface area contributed by atoms with Gasteiger partial charge >= 0.3 is 0 Å². The third-order valence-corrected chi connectivity index (χ3v) is 4.33. The highest BCUT2D eigenvalue weighted by atomic mass is 32.2. The van der Waals surface area contributed by atoms with Crippen molar-refractivity contribution in [2.24, 2.45) is 0 Å². The Morgan fingerprint density at radius 3 is 2.75 bits per heavy atom. The van der Waals surface area contributed by atoms with Crippen molar-refractivity contribution in [2.45, 2.75) is 23.5 Å². The van der Waals surface area contributed by atoms with Crippen LogP contribution in [0.5, 0.6) is 0 Å². The first-order chi connectivity index (χ1) is 9.78. The van der Waals surface area contributed by atoms with Crippen LogP contribution < -0.4 is 0 Å². The van der Waals surface area contributed by atoms with Gasteiger partial charge in [-0.05, 0) is 30.2 Å². The van der Waals surface area contributed by atoms with Gasteiger partial charge in [-0.2, -0.15) is 0 Å². The molecule has 20 heavy (non-hydrogen) atoms. The van der Waals surface area contributed by atoms with E-state index in [1.165, 1.54) is 0 Å². The molecule has 4 heteroatoms. The summed E-state index contributed by atoms with van der Waals surface area (Å²) >= 11 is 1.63. The Labute approximate surface area is 121 Å². The molecule has 3 aromatic rings. The summed E-state index contributed by atoms with van der Waals surface area (Å²) in [6, 6.07) is 14.0. The van der Waals surface area contributed by atoms with Gasteiger partial charge in [-0.25, -0.2) is 9.97 Å². The maximum absolute atomic E-state index is 9.16. The molecule has 0 unspecified atom stereocenters. The van der Waals surface area contributed by atoms with E-state index in [2.05, 4.69) is 9.97 Å². The molecule has 0 saturated carbocycles. The smallest absolute Gasteiger partial charge is 0.117 e. The van der Waals surface area contributed by atoms with Gasteiger partial charge in [0.25, 0.3) is 0 Å². The molecule has 100 valence electrons. The molecule has 0 atom stereocenters. The molecule has 0 radical (unpaired) electrons. The van der Waals surface area contributed by atoms with Crippen molar-refractivity contribution in [2.75, 3.05) is 0 Å². The molecule has 3 rings (SSSR count). The van der Waals surface area contributed by atoms with Gasteiger partial charge in [0, 0.05) is 10.3 Å². The lowest BCUT2D eigenvalue weighted by Gasteiger charge is -2.08. The Kier molecular flexibility index (Phi) is 3.67. The van der Waals surface area contributed by atoms with Crippen molar-refractivity contribution in [3.8, 4) is 0 Å². The normalized spacial score (nSPS) is 10.9. The Hall–Kier alpha value is -1.91. The van der Waals surface area contributed by atoms with Crippen LogP contribution in [-0.2, 0) is 6.61 Å². The second-order valence-corrected chi connectivity index (χ2v) is 5.59. The minimum Gasteiger partial charge on any atom is -0.392 e. The molecule has 0 fully saturated rings. The second-order valence-electron chi connectivity index (χ2n) is 4.56. The lowest BCUT2D eigenvalue weighted by Crippen LogP contribution is -1.89. The molecule has 0 aliphatic heterocycles. The van der Waals surface area contributed by atoms with Crippen LogP contribution >= 0.6 is 11.8 Å². The molecule has 0 saturated heterocycles. The average molecular weight is 282 g/mol. The number of fused-ring (bicyclic) bond motifs is 1. The van der Waals surface area contributed by atoms with Gasteiger partial charge in [0.15, 0.2) is 0 Å². The minimum absolute atomic E-state index is 0.0717. The summed E-state index contributed by atoms with van der Waals surface area (Å²) in [4.78, 5) is 9.81. The van der Waals surface area contributed by atoms with E-state index in [1.54, 1.807) is 18.1 Å². The zero-order chi connectivity index (χ0) is 13.9. The van der Waals surface area contributed by atoms with Crippen LogP contribution in [0.1, 0.15) is 11.1 Å². The summed E-state index contributed by atoms with van der Waals surface area (Å²) in [6.07, 6.45) is 1.60. The number of hydrogen-bond acceptors (Lipinski definition) is 4. The highest BCUT2D eigenvalue weighted by molar-refractivity contribution is 7.99. The van der Waals surface area contributed by atoms with Gasteiger partial charge in [0.05, 0.1) is 12.1 Å². The number of aliphatic hydroxyl groups excluding tert-OH is 1. The average Bonchev–Trinajstić information content (AvgIpc) is 2.49. The quantitative estimate of drug-likeness (QED) is 0.746. The molecule has 1 N–H and O–H groups in total. The summed E-state index contributed by atoms with van der Waals surface area (Å²) in [5.41, 5.74) is 3.03. The highest BCUT2D eigenvalue weighted by Crippen LogP contribution is 2.33. The molecular formula is C16H14N2OS. The number of hydrogen-bond donors (Lipinski definition) is 1. The van der Waals surface area contributed by atoms with Gasteiger partial charge < -0.3 is 5.11 Å². The number of aryl methyl sites for hydroxylation is 1. The summed E-state index contributed by atoms with van der Waals surface area (Å²) in [7, 11) is 0. The van der Waals surface area contributed by atoms with Crippen molar-refractivity contribution in [1.82, 2.24) is 9.97 Å². The van der Waals surface area contributed by atoms with Crippen LogP contribution in [-0.4, -0.2) is 15.1 Å². The number of rotatable bonds is 3. The third kappa shape index (κ3) is 2.53. The summed E-state index contributed by atoms with van der Waals surface area (Å²) in [5.74, 6) is 0. The Morgan fingerprint density at radius 2 is 1.95 bits per heavy atom. The molecule has 0 aliphatic rings. The number of aromatic nitrogens is 2. The number of para-hydroxylation sites is 1. The van der Waals surface area contributed by atoms with Crippen molar-refractivity contribution in [1.29, 1.82) is 0 Å². The Morgan fingerprint density at radius 1 is 1.10 bits per heavy atom. The monoisotopic (exact) mass is 282 g/mol. The molecule has 0 aliphatic carbocycles. The molecule has 0 spiro atoms. The Bertz CT molecular complexity index is 753. The summed E-state index contributed by atoms with van der Waals surface area (Å²) in [5, 5.41) is 11.2. The van der Waals surface area contributed by atoms with Crippen LogP contribution in [0.15, 0.2) is 58.7 Å². The third-order valence-electron chi connectivity index (χ3n) is 3.13. The predicted octanol–water partition coefficient (Wildman–Crippen LogP) is 3.58. The first-order valence-electron chi connectivity index (χ1n) is 6.36. The van der Waals surface area contributed by atoms with Gasteiger partial charge in [0.1, 0.15) is 11.4 Å². The highest BCUT2D eigenvalue weighted by Gasteiger charge is 2.07. The second kappa shape index (κ2) is 5.61. The molecule has 1 heterocycles. The largest absolute Gasteiger partial charge is 0.392 e. The minimum atomic E-state index is 0.0717. The van der Waals surface area contributed by atoms with Crippen molar-refractivity contribution in [3.05, 3.63) is 59.9 Å². The van der Waals surface area contributed by atoms with Crippen LogP contribution in [0.4, 0.5) is 0 Å². The van der Waals surface area contributed by atoms with E-state index < -0.39 is 0 Å². The van der Waals surface area contributed by atoms with Crippen LogP contribution in [0, 0.1) is 6.92 Å². The van der Waals surface area contributed by atoms with Gasteiger partial charge in [-0.1, -0.05) is 42.1 Å². The van der Waals surface area contributed by atoms with E-state index in [0.717, 1.165) is 32.0 Å². The number of benzene rings is 2. The fourth-order valence-corrected chi connectivity index (χ4v) is 3.04. The lowest BCUT2D eigenvalue weighted by atomic mass is 10.1. The lowest BCUT2D eigenvalue weighted by molar-refractivity contribution is 0.281. The van der Waals surface area contributed by atoms with Crippen molar-refractivity contribution in [3.63, 3.8) is 0 Å². The molecule has 1 aromatic heterocycles. The van der Waals surface area contributed by atoms with Crippen LogP contribution in [0.3, 0.4) is 0 Å². The predicted molar refractivity (Wildman–Crippen MR) is 80.8 cm³/mol. The molecule has 2 aromatic carbocycles. The first-order valence-corrected chi connectivity index (χ1v) is 7.17. The number of nitrogens with zero attached hydrogens (tertiary/aromatic N) is 2. The van der Waals surface area contributed by atoms with Crippen molar-refractivity contribution >= 4 is 22.7 Å². The summed E-state index contributed by atoms with van der Waals surface area (Å²) < 4.78 is 0. The van der Waals surface area contributed by atoms with Gasteiger partial charge in [0.2, 0.25) is 0 Å². The van der Waals surface area contributed by atoms with E-state index in [1.807, 2.05) is 49.4 Å². The van der Waals surface area contributed by atoms with Crippen LogP contribution in [0.2, 0.25) is 0 Å². The van der Waals surface area contributed by atoms with Gasteiger partial charge in [-0.15, -0.1) is 0 Å². The first kappa shape index (κ1) is 13.1. The van der Waals surface area contributed by atoms with E-state index in [-0.39, 0.29) is 6.61 Å². The molecule has 3 nitrogen and oxygen atoms in total. The molecule has 0 amide bonds. The van der Waals surface area contributed by atoms with E-state index >= 15 is 0 Å². The zero-order valence-electron chi connectivity index (χ0n) is 11.1. The van der Waals surface area contributed by atoms with Gasteiger partial charge in [-0.3, -0.25) is 0 Å². The van der Waals surface area contributed by atoms with E-state index in [4.69, 9.17) is 5.11 Å². The zero-order valence-corrected chi connectivity index (χ0v) is 11.9. The fourth-order valence-electron chi connectivity index (χ4n) is 2.09. The maximum Gasteiger partial charge on any atom is 0.117 e. The molecular weight excluding hydrogens is 268 g/mol. The summed E-state index contributed by atoms with van der Waals surface area (Å²) in [6.45, 7) is 2.12. The SMILES string of the molecule is Cc1cc(CO)ccc1Sc1ncnc2ccccc12. The number of aliphatic hydroxyl groups is 1. The van der Waals surface area contributed by atoms with Crippen molar-refractivity contribution < 1.29 is 5.11 Å². The van der Waals surface area contributed by atoms with E-state index in [9.17, 15) is 0 Å². The molecule has 0 bridgehead atoms. The van der Waals surface area contributed by atoms with E-state index in [0.29, 0.717) is 0 Å². The standard InChI is InChI=1S/C16H14N2OS/c1-11-8-12(9-19)6-7-15(11)20-16-13-4-2-3-5-14(13)17-10-18-16/h2-8,10,19H,9H2,1H3.